The standard InChI is InChI=1S/C16H13FN2OS/c17-14-9-12(18)6-8-16(14)21(20)10-13-7-5-11-3-1-2-4-15(11)19-13/h1-9H,10,18H2. The van der Waals surface area contributed by atoms with Gasteiger partial charge in [-0.05, 0) is 30.3 Å². The lowest BCUT2D eigenvalue weighted by molar-refractivity contribution is 0.596. The minimum absolute atomic E-state index is 0.152. The van der Waals surface area contributed by atoms with Crippen molar-refractivity contribution >= 4 is 27.4 Å². The van der Waals surface area contributed by atoms with E-state index in [-0.39, 0.29) is 10.6 Å². The van der Waals surface area contributed by atoms with Gasteiger partial charge in [-0.15, -0.1) is 0 Å². The lowest BCUT2D eigenvalue weighted by Gasteiger charge is -2.05. The zero-order valence-corrected chi connectivity index (χ0v) is 11.9. The molecule has 0 aliphatic rings. The second kappa shape index (κ2) is 5.61. The van der Waals surface area contributed by atoms with Crippen molar-refractivity contribution in [3.8, 4) is 0 Å². The molecule has 0 fully saturated rings. The Balaban J connectivity index is 1.89. The van der Waals surface area contributed by atoms with Gasteiger partial charge in [-0.3, -0.25) is 9.19 Å². The third kappa shape index (κ3) is 2.92. The van der Waals surface area contributed by atoms with Crippen LogP contribution >= 0.6 is 0 Å². The van der Waals surface area contributed by atoms with Crippen LogP contribution in [0.15, 0.2) is 59.5 Å². The molecule has 2 aromatic carbocycles. The summed E-state index contributed by atoms with van der Waals surface area (Å²) in [5.41, 5.74) is 7.32. The zero-order chi connectivity index (χ0) is 14.8. The van der Waals surface area contributed by atoms with Gasteiger partial charge in [-0.1, -0.05) is 24.3 Å². The molecule has 106 valence electrons. The van der Waals surface area contributed by atoms with Crippen LogP contribution < -0.4 is 5.73 Å². The van der Waals surface area contributed by atoms with Crippen molar-refractivity contribution in [1.29, 1.82) is 0 Å². The summed E-state index contributed by atoms with van der Waals surface area (Å²) in [4.78, 5) is 4.60. The monoisotopic (exact) mass is 300 g/mol. The van der Waals surface area contributed by atoms with Gasteiger partial charge in [0.2, 0.25) is 0 Å². The summed E-state index contributed by atoms with van der Waals surface area (Å²) in [6.45, 7) is 0. The third-order valence-corrected chi connectivity index (χ3v) is 4.52. The van der Waals surface area contributed by atoms with Crippen LogP contribution in [0.4, 0.5) is 10.1 Å². The number of nitrogens with two attached hydrogens (primary N) is 1. The predicted molar refractivity (Wildman–Crippen MR) is 82.7 cm³/mol. The number of rotatable bonds is 3. The average Bonchev–Trinajstić information content (AvgIpc) is 2.47. The van der Waals surface area contributed by atoms with E-state index in [2.05, 4.69) is 4.98 Å². The van der Waals surface area contributed by atoms with Crippen LogP contribution in [-0.2, 0) is 16.6 Å². The highest BCUT2D eigenvalue weighted by Gasteiger charge is 2.12. The number of aromatic nitrogens is 1. The van der Waals surface area contributed by atoms with Gasteiger partial charge in [0.25, 0.3) is 0 Å². The van der Waals surface area contributed by atoms with Crippen molar-refractivity contribution in [2.75, 3.05) is 5.73 Å². The fraction of sp³-hybridized carbons (Fsp3) is 0.0625. The van der Waals surface area contributed by atoms with E-state index in [9.17, 15) is 8.60 Å². The Labute approximate surface area is 124 Å². The number of nitrogens with zero attached hydrogens (tertiary/aromatic N) is 1. The third-order valence-electron chi connectivity index (χ3n) is 3.14. The molecule has 5 heteroatoms. The van der Waals surface area contributed by atoms with Crippen molar-refractivity contribution in [3.05, 3.63) is 66.1 Å². The SMILES string of the molecule is Nc1ccc(S(=O)Cc2ccc3ccccc3n2)c(F)c1. The van der Waals surface area contributed by atoms with E-state index in [1.54, 1.807) is 6.07 Å². The number of halogens is 1. The molecule has 1 unspecified atom stereocenters. The van der Waals surface area contributed by atoms with Crippen molar-refractivity contribution in [2.24, 2.45) is 0 Å². The van der Waals surface area contributed by atoms with Crippen molar-refractivity contribution in [2.45, 2.75) is 10.6 Å². The first-order valence-corrected chi connectivity index (χ1v) is 7.73. The maximum atomic E-state index is 13.8. The normalized spacial score (nSPS) is 12.4. The molecule has 1 aromatic heterocycles. The Hall–Kier alpha value is -2.27. The molecule has 0 saturated carbocycles. The maximum absolute atomic E-state index is 13.8. The van der Waals surface area contributed by atoms with E-state index in [0.717, 1.165) is 10.9 Å². The molecule has 3 aromatic rings. The van der Waals surface area contributed by atoms with Gasteiger partial charge in [0.05, 0.1) is 32.7 Å². The van der Waals surface area contributed by atoms with Gasteiger partial charge in [0, 0.05) is 11.1 Å². The number of fused-ring (bicyclic) bond motifs is 1. The minimum atomic E-state index is -1.49. The first-order valence-electron chi connectivity index (χ1n) is 6.41. The summed E-state index contributed by atoms with van der Waals surface area (Å²) in [7, 11) is -1.49. The molecule has 21 heavy (non-hydrogen) atoms. The number of hydrogen-bond acceptors (Lipinski definition) is 3. The second-order valence-corrected chi connectivity index (χ2v) is 6.09. The van der Waals surface area contributed by atoms with E-state index in [0.29, 0.717) is 11.4 Å². The molecule has 0 bridgehead atoms. The summed E-state index contributed by atoms with van der Waals surface area (Å²) in [6.07, 6.45) is 0. The Kier molecular flexibility index (Phi) is 3.66. The number of para-hydroxylation sites is 1. The van der Waals surface area contributed by atoms with E-state index >= 15 is 0 Å². The van der Waals surface area contributed by atoms with Gasteiger partial charge >= 0.3 is 0 Å². The topological polar surface area (TPSA) is 56.0 Å². The highest BCUT2D eigenvalue weighted by molar-refractivity contribution is 7.84. The number of anilines is 1. The molecule has 3 rings (SSSR count). The maximum Gasteiger partial charge on any atom is 0.141 e. The molecule has 0 aliphatic heterocycles. The quantitative estimate of drug-likeness (QED) is 0.755. The summed E-state index contributed by atoms with van der Waals surface area (Å²) >= 11 is 0. The van der Waals surface area contributed by atoms with Gasteiger partial charge < -0.3 is 5.73 Å². The summed E-state index contributed by atoms with van der Waals surface area (Å²) < 4.78 is 26.0. The molecule has 0 amide bonds. The number of pyridine rings is 1. The Morgan fingerprint density at radius 1 is 1.10 bits per heavy atom. The number of nitrogen functional groups attached to an aromatic ring is 1. The highest BCUT2D eigenvalue weighted by Crippen LogP contribution is 2.19. The van der Waals surface area contributed by atoms with E-state index in [1.807, 2.05) is 36.4 Å². The molecule has 0 radical (unpaired) electrons. The lowest BCUT2D eigenvalue weighted by Crippen LogP contribution is -2.02. The largest absolute Gasteiger partial charge is 0.399 e. The Bertz CT molecular complexity index is 835. The predicted octanol–water partition coefficient (Wildman–Crippen LogP) is 3.26. The summed E-state index contributed by atoms with van der Waals surface area (Å²) in [5, 5.41) is 1.02. The van der Waals surface area contributed by atoms with Gasteiger partial charge in [0.1, 0.15) is 5.82 Å². The lowest BCUT2D eigenvalue weighted by atomic mass is 10.2. The van der Waals surface area contributed by atoms with E-state index in [1.165, 1.54) is 12.1 Å². The molecule has 0 saturated heterocycles. The van der Waals surface area contributed by atoms with Crippen LogP contribution in [0.25, 0.3) is 10.9 Å². The van der Waals surface area contributed by atoms with Crippen LogP contribution in [0.2, 0.25) is 0 Å². The van der Waals surface area contributed by atoms with Crippen LogP contribution in [0.1, 0.15) is 5.69 Å². The fourth-order valence-electron chi connectivity index (χ4n) is 2.10. The first-order chi connectivity index (χ1) is 10.1. The average molecular weight is 300 g/mol. The summed E-state index contributed by atoms with van der Waals surface area (Å²) in [5.74, 6) is -0.375. The molecule has 0 spiro atoms. The highest BCUT2D eigenvalue weighted by atomic mass is 32.2. The molecular weight excluding hydrogens is 287 g/mol. The molecular formula is C16H13FN2OS. The number of benzene rings is 2. The Morgan fingerprint density at radius 2 is 1.90 bits per heavy atom. The van der Waals surface area contributed by atoms with Crippen molar-refractivity contribution < 1.29 is 8.60 Å². The Morgan fingerprint density at radius 3 is 2.71 bits per heavy atom. The zero-order valence-electron chi connectivity index (χ0n) is 11.1. The van der Waals surface area contributed by atoms with Gasteiger partial charge in [-0.2, -0.15) is 0 Å². The van der Waals surface area contributed by atoms with E-state index < -0.39 is 16.6 Å². The fourth-order valence-corrected chi connectivity index (χ4v) is 3.18. The molecule has 1 heterocycles. The van der Waals surface area contributed by atoms with Crippen LogP contribution in [0, 0.1) is 5.82 Å². The molecule has 1 atom stereocenters. The van der Waals surface area contributed by atoms with Crippen LogP contribution in [0.3, 0.4) is 0 Å². The number of hydrogen-bond donors (Lipinski definition) is 1. The van der Waals surface area contributed by atoms with Crippen LogP contribution in [0.5, 0.6) is 0 Å². The first kappa shape index (κ1) is 13.7. The molecule has 3 nitrogen and oxygen atoms in total. The van der Waals surface area contributed by atoms with Crippen molar-refractivity contribution in [1.82, 2.24) is 4.98 Å². The summed E-state index contributed by atoms with van der Waals surface area (Å²) in [6, 6.07) is 15.6. The smallest absolute Gasteiger partial charge is 0.141 e. The van der Waals surface area contributed by atoms with Gasteiger partial charge in [-0.25, -0.2) is 4.39 Å². The van der Waals surface area contributed by atoms with Crippen LogP contribution in [-0.4, -0.2) is 9.19 Å². The molecule has 2 N–H and O–H groups in total. The van der Waals surface area contributed by atoms with Gasteiger partial charge in [0.15, 0.2) is 0 Å². The van der Waals surface area contributed by atoms with E-state index in [4.69, 9.17) is 5.73 Å². The second-order valence-electron chi connectivity index (χ2n) is 4.68. The minimum Gasteiger partial charge on any atom is -0.399 e. The molecule has 0 aliphatic carbocycles. The van der Waals surface area contributed by atoms with Crippen molar-refractivity contribution in [3.63, 3.8) is 0 Å².